The Bertz CT molecular complexity index is 570. The van der Waals surface area contributed by atoms with Crippen LogP contribution in [0.5, 0.6) is 0 Å². The van der Waals surface area contributed by atoms with Gasteiger partial charge in [0.15, 0.2) is 0 Å². The molecular formula is C19H20O3. The molecule has 1 fully saturated rings. The summed E-state index contributed by atoms with van der Waals surface area (Å²) in [5, 5.41) is 9.23. The van der Waals surface area contributed by atoms with Gasteiger partial charge in [0.2, 0.25) is 0 Å². The van der Waals surface area contributed by atoms with Crippen molar-refractivity contribution in [3.63, 3.8) is 0 Å². The minimum atomic E-state index is -0.341. The zero-order valence-electron chi connectivity index (χ0n) is 12.4. The molecule has 0 unspecified atom stereocenters. The molecule has 2 atom stereocenters. The number of benzene rings is 2. The Labute approximate surface area is 130 Å². The minimum Gasteiger partial charge on any atom is -0.461 e. The molecule has 0 spiro atoms. The highest BCUT2D eigenvalue weighted by molar-refractivity contribution is 5.78. The van der Waals surface area contributed by atoms with Gasteiger partial charge in [-0.3, -0.25) is 4.79 Å². The second kappa shape index (κ2) is 6.75. The number of aliphatic hydroxyl groups is 1. The van der Waals surface area contributed by atoms with Crippen molar-refractivity contribution in [2.75, 3.05) is 6.61 Å². The van der Waals surface area contributed by atoms with Crippen LogP contribution in [0.1, 0.15) is 29.9 Å². The van der Waals surface area contributed by atoms with Crippen molar-refractivity contribution in [2.45, 2.75) is 24.9 Å². The largest absolute Gasteiger partial charge is 0.461 e. The number of rotatable bonds is 6. The number of carbonyl (C=O) groups is 1. The molecule has 2 aromatic rings. The highest BCUT2D eigenvalue weighted by Gasteiger charge is 2.41. The summed E-state index contributed by atoms with van der Waals surface area (Å²) in [5.41, 5.74) is 2.53. The molecule has 2 aromatic carbocycles. The fraction of sp³-hybridized carbons (Fsp3) is 0.316. The normalized spacial score (nSPS) is 20.5. The highest BCUT2D eigenvalue weighted by Crippen LogP contribution is 2.33. The van der Waals surface area contributed by atoms with E-state index < -0.39 is 0 Å². The van der Waals surface area contributed by atoms with Gasteiger partial charge in [-0.2, -0.15) is 0 Å². The molecule has 0 bridgehead atoms. The van der Waals surface area contributed by atoms with E-state index in [4.69, 9.17) is 4.74 Å². The topological polar surface area (TPSA) is 46.5 Å². The fourth-order valence-electron chi connectivity index (χ4n) is 3.08. The van der Waals surface area contributed by atoms with Gasteiger partial charge < -0.3 is 9.84 Å². The summed E-state index contributed by atoms with van der Waals surface area (Å²) in [6, 6.07) is 20.7. The predicted octanol–water partition coefficient (Wildman–Crippen LogP) is 3.13. The third-order valence-corrected chi connectivity index (χ3v) is 4.36. The van der Waals surface area contributed by atoms with Crippen molar-refractivity contribution in [2.24, 2.45) is 5.92 Å². The van der Waals surface area contributed by atoms with Gasteiger partial charge in [-0.05, 0) is 24.0 Å². The fourth-order valence-corrected chi connectivity index (χ4v) is 3.08. The molecule has 1 aliphatic rings. The second-order valence-corrected chi connectivity index (χ2v) is 5.72. The maximum atomic E-state index is 11.3. The Balaban J connectivity index is 1.74. The average molecular weight is 296 g/mol. The average Bonchev–Trinajstić information content (AvgIpc) is 2.56. The van der Waals surface area contributed by atoms with Crippen molar-refractivity contribution in [3.05, 3.63) is 71.8 Å². The molecule has 3 nitrogen and oxygen atoms in total. The van der Waals surface area contributed by atoms with Gasteiger partial charge in [0.25, 0.3) is 0 Å². The lowest BCUT2D eigenvalue weighted by Crippen LogP contribution is -2.47. The molecule has 114 valence electrons. The number of hydrogen-bond donors (Lipinski definition) is 1. The van der Waals surface area contributed by atoms with Gasteiger partial charge in [0.1, 0.15) is 12.0 Å². The van der Waals surface area contributed by atoms with Crippen molar-refractivity contribution in [1.29, 1.82) is 0 Å². The monoisotopic (exact) mass is 296 g/mol. The van der Waals surface area contributed by atoms with Crippen LogP contribution in [0.4, 0.5) is 0 Å². The van der Waals surface area contributed by atoms with Crippen LogP contribution < -0.4 is 0 Å². The van der Waals surface area contributed by atoms with Crippen LogP contribution in [0, 0.1) is 5.92 Å². The van der Waals surface area contributed by atoms with E-state index in [1.54, 1.807) is 0 Å². The Hall–Kier alpha value is -2.13. The molecule has 0 saturated carbocycles. The molecule has 1 aliphatic heterocycles. The molecule has 0 aliphatic carbocycles. The summed E-state index contributed by atoms with van der Waals surface area (Å²) in [6.45, 7) is -0.120. The lowest BCUT2D eigenvalue weighted by molar-refractivity contribution is -0.189. The molecular weight excluding hydrogens is 276 g/mol. The number of aliphatic hydroxyl groups excluding tert-OH is 1. The zero-order valence-corrected chi connectivity index (χ0v) is 12.4. The zero-order chi connectivity index (χ0) is 15.4. The quantitative estimate of drug-likeness (QED) is 0.833. The maximum absolute atomic E-state index is 11.3. The lowest BCUT2D eigenvalue weighted by atomic mass is 9.84. The predicted molar refractivity (Wildman–Crippen MR) is 84.4 cm³/mol. The molecule has 3 heteroatoms. The minimum absolute atomic E-state index is 0.120. The highest BCUT2D eigenvalue weighted by atomic mass is 16.6. The summed E-state index contributed by atoms with van der Waals surface area (Å²) in [4.78, 5) is 11.3. The van der Waals surface area contributed by atoms with Crippen molar-refractivity contribution < 1.29 is 14.6 Å². The second-order valence-electron chi connectivity index (χ2n) is 5.72. The van der Waals surface area contributed by atoms with Crippen molar-refractivity contribution in [1.82, 2.24) is 0 Å². The van der Waals surface area contributed by atoms with Gasteiger partial charge in [-0.25, -0.2) is 0 Å². The van der Waals surface area contributed by atoms with E-state index in [0.717, 1.165) is 12.8 Å². The maximum Gasteiger partial charge on any atom is 0.315 e. The molecule has 1 heterocycles. The Morgan fingerprint density at radius 3 is 1.95 bits per heavy atom. The Kier molecular flexibility index (Phi) is 4.54. The summed E-state index contributed by atoms with van der Waals surface area (Å²) >= 11 is 0. The number of hydrogen-bond acceptors (Lipinski definition) is 3. The third kappa shape index (κ3) is 3.04. The van der Waals surface area contributed by atoms with Crippen molar-refractivity contribution in [3.8, 4) is 0 Å². The van der Waals surface area contributed by atoms with Gasteiger partial charge in [-0.15, -0.1) is 0 Å². The van der Waals surface area contributed by atoms with Gasteiger partial charge >= 0.3 is 5.97 Å². The van der Waals surface area contributed by atoms with E-state index in [2.05, 4.69) is 24.3 Å². The van der Waals surface area contributed by atoms with Crippen LogP contribution in [0.25, 0.3) is 0 Å². The van der Waals surface area contributed by atoms with E-state index in [1.165, 1.54) is 11.1 Å². The summed E-state index contributed by atoms with van der Waals surface area (Å²) in [5.74, 6) is -0.336. The van der Waals surface area contributed by atoms with Crippen LogP contribution in [-0.2, 0) is 9.53 Å². The van der Waals surface area contributed by atoms with Gasteiger partial charge in [0, 0.05) is 5.92 Å². The van der Waals surface area contributed by atoms with Crippen molar-refractivity contribution >= 4 is 5.97 Å². The van der Waals surface area contributed by atoms with Crippen LogP contribution in [0.2, 0.25) is 0 Å². The first-order valence-corrected chi connectivity index (χ1v) is 7.71. The molecule has 3 rings (SSSR count). The Morgan fingerprint density at radius 1 is 0.955 bits per heavy atom. The molecule has 0 aromatic heterocycles. The van der Waals surface area contributed by atoms with E-state index in [0.29, 0.717) is 0 Å². The first-order valence-electron chi connectivity index (χ1n) is 7.71. The third-order valence-electron chi connectivity index (χ3n) is 4.36. The first-order chi connectivity index (χ1) is 10.8. The van der Waals surface area contributed by atoms with E-state index >= 15 is 0 Å². The van der Waals surface area contributed by atoms with E-state index in [1.807, 2.05) is 36.4 Å². The summed E-state index contributed by atoms with van der Waals surface area (Å²) in [7, 11) is 0. The van der Waals surface area contributed by atoms with Crippen LogP contribution in [0.3, 0.4) is 0 Å². The van der Waals surface area contributed by atoms with E-state index in [-0.39, 0.29) is 30.5 Å². The molecule has 22 heavy (non-hydrogen) atoms. The molecule has 1 saturated heterocycles. The van der Waals surface area contributed by atoms with Gasteiger partial charge in [-0.1, -0.05) is 60.7 Å². The SMILES string of the molecule is O=C1O[C@@H](CCC(c2ccccc2)c2ccccc2)[C@@H]1CO. The number of esters is 1. The number of cyclic esters (lactones) is 1. The van der Waals surface area contributed by atoms with Crippen LogP contribution in [-0.4, -0.2) is 23.8 Å². The molecule has 0 radical (unpaired) electrons. The standard InChI is InChI=1S/C19H20O3/c20-13-17-18(22-19(17)21)12-11-16(14-7-3-1-4-8-14)15-9-5-2-6-10-15/h1-10,16-18,20H,11-13H2/t17-,18-/m0/s1. The summed E-state index contributed by atoms with van der Waals surface area (Å²) in [6.07, 6.45) is 1.51. The van der Waals surface area contributed by atoms with Crippen LogP contribution in [0.15, 0.2) is 60.7 Å². The van der Waals surface area contributed by atoms with E-state index in [9.17, 15) is 9.90 Å². The number of carbonyl (C=O) groups excluding carboxylic acids is 1. The Morgan fingerprint density at radius 2 is 1.50 bits per heavy atom. The first kappa shape index (κ1) is 14.8. The van der Waals surface area contributed by atoms with Gasteiger partial charge in [0.05, 0.1) is 6.61 Å². The smallest absolute Gasteiger partial charge is 0.315 e. The number of ether oxygens (including phenoxy) is 1. The summed E-state index contributed by atoms with van der Waals surface area (Å²) < 4.78 is 5.17. The molecule has 1 N–H and O–H groups in total. The molecule has 0 amide bonds. The lowest BCUT2D eigenvalue weighted by Gasteiger charge is -2.34. The van der Waals surface area contributed by atoms with Crippen LogP contribution >= 0.6 is 0 Å².